The summed E-state index contributed by atoms with van der Waals surface area (Å²) in [4.78, 5) is 21.9. The third-order valence-corrected chi connectivity index (χ3v) is 7.07. The molecule has 168 valence electrons. The molecule has 6 aromatic rings. The van der Waals surface area contributed by atoms with Crippen LogP contribution < -0.4 is 4.74 Å². The summed E-state index contributed by atoms with van der Waals surface area (Å²) in [5.41, 5.74) is 3.18. The molecule has 4 aromatic heterocycles. The topological polar surface area (TPSA) is 90.4 Å². The van der Waals surface area contributed by atoms with Crippen LogP contribution in [0.3, 0.4) is 0 Å². The molecule has 0 unspecified atom stereocenters. The Bertz CT molecular complexity index is 1590. The number of esters is 1. The fourth-order valence-electron chi connectivity index (χ4n) is 3.48. The number of carbonyl (C=O) groups is 1. The number of hydrogen-bond acceptors (Lipinski definition) is 8. The van der Waals surface area contributed by atoms with E-state index in [4.69, 9.17) is 14.6 Å². The molecule has 0 aliphatic rings. The number of rotatable bonds is 4. The van der Waals surface area contributed by atoms with E-state index in [1.165, 1.54) is 0 Å². The maximum atomic E-state index is 11.6. The molecule has 0 spiro atoms. The van der Waals surface area contributed by atoms with Crippen LogP contribution in [0.4, 0.5) is 0 Å². The van der Waals surface area contributed by atoms with Crippen molar-refractivity contribution >= 4 is 59.0 Å². The molecular weight excluding hydrogens is 460 g/mol. The summed E-state index contributed by atoms with van der Waals surface area (Å²) >= 11 is 3.16. The lowest BCUT2D eigenvalue weighted by atomic mass is 10.3. The summed E-state index contributed by atoms with van der Waals surface area (Å²) < 4.78 is 16.3. The number of fused-ring (bicyclic) bond motifs is 6. The highest BCUT2D eigenvalue weighted by Gasteiger charge is 2.14. The molecule has 0 aliphatic heterocycles. The molecule has 0 saturated heterocycles. The zero-order chi connectivity index (χ0) is 22.9. The molecular formula is C23H20N4O4S2. The van der Waals surface area contributed by atoms with Gasteiger partial charge < -0.3 is 14.6 Å². The Balaban J connectivity index is 0.000000139. The van der Waals surface area contributed by atoms with Gasteiger partial charge >= 0.3 is 5.97 Å². The summed E-state index contributed by atoms with van der Waals surface area (Å²) in [6.45, 7) is 2.12. The van der Waals surface area contributed by atoms with E-state index in [0.717, 1.165) is 36.1 Å². The Hall–Kier alpha value is -3.47. The highest BCUT2D eigenvalue weighted by atomic mass is 32.1. The van der Waals surface area contributed by atoms with Gasteiger partial charge in [0.25, 0.3) is 0 Å². The zero-order valence-corrected chi connectivity index (χ0v) is 19.5. The molecule has 10 heteroatoms. The average Bonchev–Trinajstić information content (AvgIpc) is 3.57. The van der Waals surface area contributed by atoms with Crippen LogP contribution in [0.2, 0.25) is 0 Å². The minimum absolute atomic E-state index is 0.0279. The van der Waals surface area contributed by atoms with Crippen LogP contribution in [0.5, 0.6) is 5.75 Å². The minimum Gasteiger partial charge on any atom is -0.497 e. The van der Waals surface area contributed by atoms with Crippen LogP contribution in [-0.2, 0) is 11.3 Å². The van der Waals surface area contributed by atoms with E-state index in [-0.39, 0.29) is 12.6 Å². The first kappa shape index (κ1) is 21.4. The monoisotopic (exact) mass is 480 g/mol. The van der Waals surface area contributed by atoms with Crippen molar-refractivity contribution in [2.45, 2.75) is 13.5 Å². The number of aliphatic hydroxyl groups is 1. The van der Waals surface area contributed by atoms with Gasteiger partial charge in [-0.15, -0.1) is 0 Å². The van der Waals surface area contributed by atoms with E-state index < -0.39 is 0 Å². The quantitative estimate of drug-likeness (QED) is 0.365. The van der Waals surface area contributed by atoms with Gasteiger partial charge in [0, 0.05) is 18.5 Å². The predicted octanol–water partition coefficient (Wildman–Crippen LogP) is 4.78. The van der Waals surface area contributed by atoms with Crippen molar-refractivity contribution in [3.05, 3.63) is 66.2 Å². The van der Waals surface area contributed by atoms with Gasteiger partial charge in [0.1, 0.15) is 5.75 Å². The number of imidazole rings is 2. The molecule has 4 heterocycles. The van der Waals surface area contributed by atoms with Crippen molar-refractivity contribution < 1.29 is 19.4 Å². The summed E-state index contributed by atoms with van der Waals surface area (Å²) in [5, 5.41) is 9.03. The number of para-hydroxylation sites is 1. The normalized spacial score (nSPS) is 11.2. The number of aliphatic hydroxyl groups excluding tert-OH is 1. The average molecular weight is 481 g/mol. The Kier molecular flexibility index (Phi) is 5.71. The Morgan fingerprint density at radius 1 is 1.00 bits per heavy atom. The van der Waals surface area contributed by atoms with E-state index in [1.54, 1.807) is 42.9 Å². The van der Waals surface area contributed by atoms with Crippen molar-refractivity contribution in [2.75, 3.05) is 13.7 Å². The van der Waals surface area contributed by atoms with Gasteiger partial charge in [0.2, 0.25) is 0 Å². The number of hydrogen-bond donors (Lipinski definition) is 1. The molecule has 8 nitrogen and oxygen atoms in total. The van der Waals surface area contributed by atoms with Crippen molar-refractivity contribution in [1.82, 2.24) is 18.8 Å². The predicted molar refractivity (Wildman–Crippen MR) is 130 cm³/mol. The Labute approximate surface area is 196 Å². The molecule has 33 heavy (non-hydrogen) atoms. The molecule has 0 bridgehead atoms. The number of benzene rings is 2. The molecule has 0 aliphatic carbocycles. The van der Waals surface area contributed by atoms with Crippen LogP contribution in [0.1, 0.15) is 23.1 Å². The molecule has 2 aromatic carbocycles. The third-order valence-electron chi connectivity index (χ3n) is 5.00. The number of methoxy groups -OCH3 is 1. The molecule has 0 amide bonds. The summed E-state index contributed by atoms with van der Waals surface area (Å²) in [5.74, 6) is 0.457. The van der Waals surface area contributed by atoms with Crippen LogP contribution in [-0.4, -0.2) is 43.6 Å². The number of nitrogens with zero attached hydrogens (tertiary/aromatic N) is 4. The van der Waals surface area contributed by atoms with Gasteiger partial charge in [-0.2, -0.15) is 0 Å². The zero-order valence-electron chi connectivity index (χ0n) is 17.9. The summed E-state index contributed by atoms with van der Waals surface area (Å²) in [7, 11) is 1.65. The maximum absolute atomic E-state index is 11.6. The number of carbonyl (C=O) groups excluding carboxylic acids is 1. The molecule has 0 radical (unpaired) electrons. The SMILES string of the molecule is CCOC(=O)c1cn2c(n1)sc1ccccc12.COc1ccc2sc3nc(CO)cn3c2c1. The second kappa shape index (κ2) is 8.81. The van der Waals surface area contributed by atoms with Gasteiger partial charge in [0.15, 0.2) is 15.6 Å². The first-order chi connectivity index (χ1) is 16.1. The summed E-state index contributed by atoms with van der Waals surface area (Å²) in [6.07, 6.45) is 3.58. The third kappa shape index (κ3) is 3.92. The largest absolute Gasteiger partial charge is 0.497 e. The summed E-state index contributed by atoms with van der Waals surface area (Å²) in [6, 6.07) is 13.9. The fraction of sp³-hybridized carbons (Fsp3) is 0.174. The second-order valence-electron chi connectivity index (χ2n) is 7.05. The lowest BCUT2D eigenvalue weighted by Gasteiger charge is -1.98. The van der Waals surface area contributed by atoms with Gasteiger partial charge in [-0.05, 0) is 31.2 Å². The van der Waals surface area contributed by atoms with Crippen molar-refractivity contribution in [3.63, 3.8) is 0 Å². The fourth-order valence-corrected chi connectivity index (χ4v) is 5.49. The van der Waals surface area contributed by atoms with Crippen LogP contribution >= 0.6 is 22.7 Å². The lowest BCUT2D eigenvalue weighted by Crippen LogP contribution is -2.04. The van der Waals surface area contributed by atoms with Gasteiger partial charge in [-0.3, -0.25) is 8.80 Å². The number of aromatic nitrogens is 4. The molecule has 0 atom stereocenters. The highest BCUT2D eigenvalue weighted by molar-refractivity contribution is 7.23. The standard InChI is InChI=1S/C12H10N2O2S.C11H10N2O2S/c1-2-16-11(15)8-7-14-9-5-3-4-6-10(9)17-12(14)13-8;1-15-8-2-3-10-9(4-8)13-5-7(6-14)12-11(13)16-10/h3-7H,2H2,1H3;2-5,14H,6H2,1H3. The van der Waals surface area contributed by atoms with Gasteiger partial charge in [-0.25, -0.2) is 14.8 Å². The minimum atomic E-state index is -0.368. The van der Waals surface area contributed by atoms with Crippen molar-refractivity contribution in [2.24, 2.45) is 0 Å². The first-order valence-corrected chi connectivity index (χ1v) is 11.8. The van der Waals surface area contributed by atoms with Crippen LogP contribution in [0, 0.1) is 0 Å². The van der Waals surface area contributed by atoms with E-state index in [2.05, 4.69) is 9.97 Å². The number of ether oxygens (including phenoxy) is 2. The molecule has 0 saturated carbocycles. The smallest absolute Gasteiger partial charge is 0.358 e. The van der Waals surface area contributed by atoms with Gasteiger partial charge in [0.05, 0.1) is 46.5 Å². The van der Waals surface area contributed by atoms with E-state index >= 15 is 0 Å². The van der Waals surface area contributed by atoms with E-state index in [0.29, 0.717) is 18.0 Å². The Morgan fingerprint density at radius 3 is 2.48 bits per heavy atom. The maximum Gasteiger partial charge on any atom is 0.358 e. The highest BCUT2D eigenvalue weighted by Crippen LogP contribution is 2.29. The van der Waals surface area contributed by atoms with Crippen LogP contribution in [0.15, 0.2) is 54.9 Å². The second-order valence-corrected chi connectivity index (χ2v) is 9.07. The van der Waals surface area contributed by atoms with E-state index in [9.17, 15) is 4.79 Å². The van der Waals surface area contributed by atoms with Crippen LogP contribution in [0.25, 0.3) is 30.4 Å². The first-order valence-electron chi connectivity index (χ1n) is 10.2. The van der Waals surface area contributed by atoms with Crippen molar-refractivity contribution in [3.8, 4) is 5.75 Å². The number of thiazole rings is 2. The molecule has 0 fully saturated rings. The lowest BCUT2D eigenvalue weighted by molar-refractivity contribution is 0.0520. The van der Waals surface area contributed by atoms with Crippen molar-refractivity contribution in [1.29, 1.82) is 0 Å². The molecule has 6 rings (SSSR count). The molecule has 1 N–H and O–H groups in total. The Morgan fingerprint density at radius 2 is 1.73 bits per heavy atom. The van der Waals surface area contributed by atoms with Gasteiger partial charge in [-0.1, -0.05) is 34.8 Å². The van der Waals surface area contributed by atoms with E-state index in [1.807, 2.05) is 57.5 Å².